The van der Waals surface area contributed by atoms with Gasteiger partial charge >= 0.3 is 0 Å². The Balaban J connectivity index is 2.06. The Bertz CT molecular complexity index is 1000. The third-order valence-electron chi connectivity index (χ3n) is 5.87. The smallest absolute Gasteiger partial charge is 0.203 e. The maximum absolute atomic E-state index is 13.5. The fraction of sp³-hybridized carbons (Fsp3) is 0.370. The second kappa shape index (κ2) is 11.7. The zero-order valence-corrected chi connectivity index (χ0v) is 21.4. The summed E-state index contributed by atoms with van der Waals surface area (Å²) in [5, 5.41) is 0. The van der Waals surface area contributed by atoms with Gasteiger partial charge < -0.3 is 28.4 Å². The second-order valence-corrected chi connectivity index (χ2v) is 7.89. The molecule has 1 saturated heterocycles. The summed E-state index contributed by atoms with van der Waals surface area (Å²) in [7, 11) is 9.38. The molecule has 35 heavy (non-hydrogen) atoms. The Hall–Kier alpha value is -3.65. The first-order chi connectivity index (χ1) is 16.9. The van der Waals surface area contributed by atoms with Crippen LogP contribution in [-0.4, -0.2) is 73.0 Å². The van der Waals surface area contributed by atoms with E-state index in [0.717, 1.165) is 17.7 Å². The van der Waals surface area contributed by atoms with E-state index in [1.807, 2.05) is 36.4 Å². The minimum absolute atomic E-state index is 0.0165. The molecule has 0 saturated carbocycles. The van der Waals surface area contributed by atoms with Crippen LogP contribution < -0.4 is 28.4 Å². The van der Waals surface area contributed by atoms with Crippen LogP contribution in [0.5, 0.6) is 34.5 Å². The van der Waals surface area contributed by atoms with Crippen molar-refractivity contribution in [1.29, 1.82) is 0 Å². The van der Waals surface area contributed by atoms with Crippen molar-refractivity contribution in [3.8, 4) is 34.5 Å². The number of nitrogens with zero attached hydrogens (tertiary/aromatic N) is 1. The van der Waals surface area contributed by atoms with E-state index in [0.29, 0.717) is 58.7 Å². The highest BCUT2D eigenvalue weighted by molar-refractivity contribution is 6.14. The zero-order chi connectivity index (χ0) is 25.5. The van der Waals surface area contributed by atoms with Crippen LogP contribution in [0.25, 0.3) is 12.2 Å². The molecule has 2 aromatic rings. The number of rotatable bonds is 9. The van der Waals surface area contributed by atoms with Gasteiger partial charge in [-0.05, 0) is 54.1 Å². The third kappa shape index (κ3) is 5.54. The standard InChI is InChI=1S/C27H33NO7/c1-8-28-15-19(9-17-11-21(30-2)26(34-6)22(12-17)31-3)25(29)20(16-28)10-18-13-23(32-4)27(35-7)24(14-18)33-5/h9-14H,8,15-16H2,1-7H3/b19-9-,20-10-. The molecule has 1 aliphatic heterocycles. The van der Waals surface area contributed by atoms with E-state index in [2.05, 4.69) is 11.8 Å². The Kier molecular flexibility index (Phi) is 8.65. The predicted octanol–water partition coefficient (Wildman–Crippen LogP) is 4.11. The summed E-state index contributed by atoms with van der Waals surface area (Å²) in [6.45, 7) is 3.95. The predicted molar refractivity (Wildman–Crippen MR) is 135 cm³/mol. The number of Topliss-reactive ketones (excluding diaryl/α,β-unsaturated/α-hetero) is 1. The molecule has 0 unspecified atom stereocenters. The van der Waals surface area contributed by atoms with Crippen LogP contribution in [0.2, 0.25) is 0 Å². The molecule has 188 valence electrons. The molecule has 8 heteroatoms. The molecule has 3 rings (SSSR count). The lowest BCUT2D eigenvalue weighted by Gasteiger charge is -2.28. The maximum Gasteiger partial charge on any atom is 0.203 e. The first-order valence-corrected chi connectivity index (χ1v) is 11.2. The number of methoxy groups -OCH3 is 6. The lowest BCUT2D eigenvalue weighted by molar-refractivity contribution is -0.113. The monoisotopic (exact) mass is 483 g/mol. The zero-order valence-electron chi connectivity index (χ0n) is 21.4. The van der Waals surface area contributed by atoms with Crippen molar-refractivity contribution in [2.45, 2.75) is 6.92 Å². The van der Waals surface area contributed by atoms with Crippen molar-refractivity contribution < 1.29 is 33.2 Å². The molecular formula is C27H33NO7. The van der Waals surface area contributed by atoms with Gasteiger partial charge in [-0.2, -0.15) is 0 Å². The highest BCUT2D eigenvalue weighted by Crippen LogP contribution is 2.40. The van der Waals surface area contributed by atoms with Gasteiger partial charge in [0.15, 0.2) is 28.8 Å². The van der Waals surface area contributed by atoms with Crippen LogP contribution >= 0.6 is 0 Å². The molecule has 0 spiro atoms. The Labute approximate surface area is 206 Å². The summed E-state index contributed by atoms with van der Waals surface area (Å²) in [5.74, 6) is 3.11. The number of hydrogen-bond acceptors (Lipinski definition) is 8. The fourth-order valence-electron chi connectivity index (χ4n) is 4.11. The normalized spacial score (nSPS) is 16.4. The molecule has 1 heterocycles. The van der Waals surface area contributed by atoms with Crippen molar-refractivity contribution in [2.75, 3.05) is 62.3 Å². The lowest BCUT2D eigenvalue weighted by Crippen LogP contribution is -2.37. The highest BCUT2D eigenvalue weighted by atomic mass is 16.5. The average Bonchev–Trinajstić information content (AvgIpc) is 2.89. The third-order valence-corrected chi connectivity index (χ3v) is 5.87. The van der Waals surface area contributed by atoms with Crippen LogP contribution in [0, 0.1) is 0 Å². The molecule has 0 aromatic heterocycles. The second-order valence-electron chi connectivity index (χ2n) is 7.89. The highest BCUT2D eigenvalue weighted by Gasteiger charge is 2.26. The lowest BCUT2D eigenvalue weighted by atomic mass is 9.94. The molecule has 1 fully saturated rings. The Morgan fingerprint density at radius 1 is 0.657 bits per heavy atom. The van der Waals surface area contributed by atoms with E-state index in [4.69, 9.17) is 28.4 Å². The number of ether oxygens (including phenoxy) is 6. The number of likely N-dealkylation sites (tertiary alicyclic amines) is 1. The van der Waals surface area contributed by atoms with E-state index in [9.17, 15) is 4.79 Å². The topological polar surface area (TPSA) is 75.7 Å². The number of carbonyl (C=O) groups is 1. The maximum atomic E-state index is 13.5. The number of benzene rings is 2. The molecule has 0 radical (unpaired) electrons. The van der Waals surface area contributed by atoms with Gasteiger partial charge in [0.05, 0.1) is 42.7 Å². The van der Waals surface area contributed by atoms with Crippen molar-refractivity contribution >= 4 is 17.9 Å². The number of hydrogen-bond donors (Lipinski definition) is 0. The number of carbonyl (C=O) groups excluding carboxylic acids is 1. The molecule has 0 aliphatic carbocycles. The quantitative estimate of drug-likeness (QED) is 0.494. The summed E-state index contributed by atoms with van der Waals surface area (Å²) < 4.78 is 32.7. The van der Waals surface area contributed by atoms with Crippen LogP contribution in [0.3, 0.4) is 0 Å². The number of piperidine rings is 1. The number of ketones is 1. The van der Waals surface area contributed by atoms with Gasteiger partial charge in [0.2, 0.25) is 11.5 Å². The van der Waals surface area contributed by atoms with E-state index in [-0.39, 0.29) is 5.78 Å². The van der Waals surface area contributed by atoms with Crippen LogP contribution in [-0.2, 0) is 4.79 Å². The Morgan fingerprint density at radius 2 is 1.00 bits per heavy atom. The minimum Gasteiger partial charge on any atom is -0.493 e. The molecule has 0 bridgehead atoms. The SMILES string of the molecule is CCN1C/C(=C/c2cc(OC)c(OC)c(OC)c2)C(=O)/C(=C\c2cc(OC)c(OC)c(OC)c2)C1. The van der Waals surface area contributed by atoms with Crippen molar-refractivity contribution in [2.24, 2.45) is 0 Å². The first kappa shape index (κ1) is 26.0. The largest absolute Gasteiger partial charge is 0.493 e. The molecule has 1 aliphatic rings. The average molecular weight is 484 g/mol. The molecule has 2 aromatic carbocycles. The van der Waals surface area contributed by atoms with Gasteiger partial charge in [0.25, 0.3) is 0 Å². The van der Waals surface area contributed by atoms with E-state index in [1.54, 1.807) is 42.7 Å². The van der Waals surface area contributed by atoms with Gasteiger partial charge in [-0.3, -0.25) is 9.69 Å². The van der Waals surface area contributed by atoms with Gasteiger partial charge in [-0.15, -0.1) is 0 Å². The van der Waals surface area contributed by atoms with Gasteiger partial charge in [0.1, 0.15) is 0 Å². The molecule has 8 nitrogen and oxygen atoms in total. The van der Waals surface area contributed by atoms with Gasteiger partial charge in [-0.1, -0.05) is 6.92 Å². The summed E-state index contributed by atoms with van der Waals surface area (Å²) in [5.41, 5.74) is 2.91. The summed E-state index contributed by atoms with van der Waals surface area (Å²) in [4.78, 5) is 15.7. The molecular weight excluding hydrogens is 450 g/mol. The van der Waals surface area contributed by atoms with E-state index >= 15 is 0 Å². The van der Waals surface area contributed by atoms with Crippen LogP contribution in [0.1, 0.15) is 18.1 Å². The Morgan fingerprint density at radius 3 is 1.26 bits per heavy atom. The van der Waals surface area contributed by atoms with Crippen molar-refractivity contribution in [1.82, 2.24) is 4.90 Å². The fourth-order valence-corrected chi connectivity index (χ4v) is 4.11. The van der Waals surface area contributed by atoms with E-state index < -0.39 is 0 Å². The van der Waals surface area contributed by atoms with Crippen molar-refractivity contribution in [3.05, 3.63) is 46.5 Å². The molecule has 0 amide bonds. The van der Waals surface area contributed by atoms with Gasteiger partial charge in [-0.25, -0.2) is 0 Å². The summed E-state index contributed by atoms with van der Waals surface area (Å²) in [6.07, 6.45) is 3.75. The van der Waals surface area contributed by atoms with Crippen LogP contribution in [0.4, 0.5) is 0 Å². The summed E-state index contributed by atoms with van der Waals surface area (Å²) in [6, 6.07) is 7.31. The van der Waals surface area contributed by atoms with Crippen LogP contribution in [0.15, 0.2) is 35.4 Å². The summed E-state index contributed by atoms with van der Waals surface area (Å²) >= 11 is 0. The first-order valence-electron chi connectivity index (χ1n) is 11.2. The number of likely N-dealkylation sites (N-methyl/N-ethyl adjacent to an activating group) is 1. The minimum atomic E-state index is -0.0165. The van der Waals surface area contributed by atoms with Crippen molar-refractivity contribution in [3.63, 3.8) is 0 Å². The van der Waals surface area contributed by atoms with E-state index in [1.165, 1.54) is 0 Å². The molecule has 0 N–H and O–H groups in total. The molecule has 0 atom stereocenters. The van der Waals surface area contributed by atoms with Gasteiger partial charge in [0, 0.05) is 24.2 Å².